The molecule has 18 heavy (non-hydrogen) atoms. The van der Waals surface area contributed by atoms with E-state index in [9.17, 15) is 14.0 Å². The van der Waals surface area contributed by atoms with Crippen molar-refractivity contribution in [2.75, 3.05) is 19.8 Å². The zero-order chi connectivity index (χ0) is 14.0. The van der Waals surface area contributed by atoms with Crippen molar-refractivity contribution in [2.24, 2.45) is 5.41 Å². The SMILES string of the molecule is CC(C)(C)OC(=O)N1CCC(CF)(CC(=O)O)C1. The molecule has 1 amide bonds. The number of ether oxygens (including phenoxy) is 1. The van der Waals surface area contributed by atoms with Gasteiger partial charge in [0.1, 0.15) is 5.60 Å². The van der Waals surface area contributed by atoms with Crippen molar-refractivity contribution in [3.05, 3.63) is 0 Å². The molecule has 1 N–H and O–H groups in total. The third-order valence-electron chi connectivity index (χ3n) is 2.90. The molecule has 1 saturated heterocycles. The number of rotatable bonds is 3. The molecule has 1 heterocycles. The van der Waals surface area contributed by atoms with Gasteiger partial charge in [-0.05, 0) is 27.2 Å². The van der Waals surface area contributed by atoms with Crippen molar-refractivity contribution >= 4 is 12.1 Å². The molecule has 1 unspecified atom stereocenters. The van der Waals surface area contributed by atoms with E-state index < -0.39 is 29.8 Å². The van der Waals surface area contributed by atoms with Gasteiger partial charge in [0, 0.05) is 18.5 Å². The van der Waals surface area contributed by atoms with E-state index >= 15 is 0 Å². The average Bonchev–Trinajstić information content (AvgIpc) is 2.59. The largest absolute Gasteiger partial charge is 0.481 e. The third-order valence-corrected chi connectivity index (χ3v) is 2.90. The fourth-order valence-corrected chi connectivity index (χ4v) is 2.04. The number of carboxylic acids is 1. The molecule has 104 valence electrons. The Morgan fingerprint density at radius 3 is 2.50 bits per heavy atom. The summed E-state index contributed by atoms with van der Waals surface area (Å²) in [6, 6.07) is 0. The van der Waals surface area contributed by atoms with Gasteiger partial charge in [-0.2, -0.15) is 0 Å². The Morgan fingerprint density at radius 1 is 1.44 bits per heavy atom. The van der Waals surface area contributed by atoms with Gasteiger partial charge in [-0.1, -0.05) is 0 Å². The molecule has 1 aliphatic rings. The highest BCUT2D eigenvalue weighted by Crippen LogP contribution is 2.35. The second kappa shape index (κ2) is 5.12. The zero-order valence-electron chi connectivity index (χ0n) is 11.0. The maximum Gasteiger partial charge on any atom is 0.410 e. The van der Waals surface area contributed by atoms with Gasteiger partial charge in [0.25, 0.3) is 0 Å². The van der Waals surface area contributed by atoms with Crippen LogP contribution < -0.4 is 0 Å². The van der Waals surface area contributed by atoms with Crippen LogP contribution in [0.4, 0.5) is 9.18 Å². The first-order chi connectivity index (χ1) is 8.17. The molecule has 0 saturated carbocycles. The molecule has 1 fully saturated rings. The summed E-state index contributed by atoms with van der Waals surface area (Å²) >= 11 is 0. The first kappa shape index (κ1) is 14.7. The Balaban J connectivity index is 2.64. The van der Waals surface area contributed by atoms with Crippen LogP contribution in [-0.4, -0.2) is 47.4 Å². The zero-order valence-corrected chi connectivity index (χ0v) is 11.0. The number of hydrogen-bond acceptors (Lipinski definition) is 3. The molecular formula is C12H20FNO4. The van der Waals surface area contributed by atoms with Gasteiger partial charge < -0.3 is 14.7 Å². The van der Waals surface area contributed by atoms with Crippen LogP contribution in [0.5, 0.6) is 0 Å². The molecular weight excluding hydrogens is 241 g/mol. The molecule has 1 aliphatic heterocycles. The highest BCUT2D eigenvalue weighted by Gasteiger charge is 2.42. The second-order valence-corrected chi connectivity index (χ2v) is 5.86. The van der Waals surface area contributed by atoms with Crippen LogP contribution in [-0.2, 0) is 9.53 Å². The first-order valence-electron chi connectivity index (χ1n) is 5.93. The lowest BCUT2D eigenvalue weighted by atomic mass is 9.85. The minimum atomic E-state index is -1.04. The Labute approximate surface area is 106 Å². The van der Waals surface area contributed by atoms with E-state index in [2.05, 4.69) is 0 Å². The molecule has 0 spiro atoms. The number of hydrogen-bond donors (Lipinski definition) is 1. The van der Waals surface area contributed by atoms with E-state index in [4.69, 9.17) is 9.84 Å². The normalized spacial score (nSPS) is 24.1. The maximum absolute atomic E-state index is 13.0. The summed E-state index contributed by atoms with van der Waals surface area (Å²) in [5.74, 6) is -1.04. The van der Waals surface area contributed by atoms with E-state index in [-0.39, 0.29) is 13.0 Å². The minimum Gasteiger partial charge on any atom is -0.481 e. The number of amides is 1. The summed E-state index contributed by atoms with van der Waals surface area (Å²) in [6.07, 6.45) is -0.416. The van der Waals surface area contributed by atoms with Crippen LogP contribution in [0.2, 0.25) is 0 Å². The number of aliphatic carboxylic acids is 1. The van der Waals surface area contributed by atoms with Gasteiger partial charge >= 0.3 is 12.1 Å². The summed E-state index contributed by atoms with van der Waals surface area (Å²) in [4.78, 5) is 23.9. The monoisotopic (exact) mass is 261 g/mol. The topological polar surface area (TPSA) is 66.8 Å². The van der Waals surface area contributed by atoms with Crippen LogP contribution >= 0.6 is 0 Å². The van der Waals surface area contributed by atoms with Crippen LogP contribution in [0.1, 0.15) is 33.6 Å². The lowest BCUT2D eigenvalue weighted by molar-refractivity contribution is -0.140. The van der Waals surface area contributed by atoms with Gasteiger partial charge in [-0.3, -0.25) is 9.18 Å². The van der Waals surface area contributed by atoms with Gasteiger partial charge in [0.15, 0.2) is 0 Å². The molecule has 0 aromatic heterocycles. The van der Waals surface area contributed by atoms with E-state index in [1.807, 2.05) is 0 Å². The van der Waals surface area contributed by atoms with Crippen molar-refractivity contribution in [1.82, 2.24) is 4.90 Å². The van der Waals surface area contributed by atoms with Crippen molar-refractivity contribution in [1.29, 1.82) is 0 Å². The van der Waals surface area contributed by atoms with Gasteiger partial charge in [0.05, 0.1) is 13.1 Å². The standard InChI is InChI=1S/C12H20FNO4/c1-11(2,3)18-10(17)14-5-4-12(7-13,8-14)6-9(15)16/h4-8H2,1-3H3,(H,15,16). The maximum atomic E-state index is 13.0. The van der Waals surface area contributed by atoms with Gasteiger partial charge in [-0.15, -0.1) is 0 Å². The molecule has 1 atom stereocenters. The molecule has 5 nitrogen and oxygen atoms in total. The number of alkyl halides is 1. The fraction of sp³-hybridized carbons (Fsp3) is 0.833. The lowest BCUT2D eigenvalue weighted by Crippen LogP contribution is -2.38. The van der Waals surface area contributed by atoms with Crippen molar-refractivity contribution in [2.45, 2.75) is 39.2 Å². The Kier molecular flexibility index (Phi) is 4.19. The Hall–Kier alpha value is -1.33. The van der Waals surface area contributed by atoms with E-state index in [1.165, 1.54) is 4.90 Å². The van der Waals surface area contributed by atoms with E-state index in [0.29, 0.717) is 13.0 Å². The van der Waals surface area contributed by atoms with Crippen LogP contribution in [0, 0.1) is 5.41 Å². The summed E-state index contributed by atoms with van der Waals surface area (Å²) in [7, 11) is 0. The molecule has 0 bridgehead atoms. The molecule has 0 aliphatic carbocycles. The summed E-state index contributed by atoms with van der Waals surface area (Å²) in [5.41, 5.74) is -1.56. The van der Waals surface area contributed by atoms with E-state index in [0.717, 1.165) is 0 Å². The van der Waals surface area contributed by atoms with Crippen LogP contribution in [0.15, 0.2) is 0 Å². The lowest BCUT2D eigenvalue weighted by Gasteiger charge is -2.26. The molecule has 1 rings (SSSR count). The fourth-order valence-electron chi connectivity index (χ4n) is 2.04. The molecule has 0 radical (unpaired) electrons. The third kappa shape index (κ3) is 3.85. The number of carbonyl (C=O) groups excluding carboxylic acids is 1. The van der Waals surface area contributed by atoms with Crippen molar-refractivity contribution in [3.8, 4) is 0 Å². The number of carboxylic acid groups (broad SMARTS) is 1. The van der Waals surface area contributed by atoms with Crippen LogP contribution in [0.25, 0.3) is 0 Å². The predicted molar refractivity (Wildman–Crippen MR) is 63.1 cm³/mol. The van der Waals surface area contributed by atoms with Crippen molar-refractivity contribution in [3.63, 3.8) is 0 Å². The van der Waals surface area contributed by atoms with E-state index in [1.54, 1.807) is 20.8 Å². The number of carbonyl (C=O) groups is 2. The molecule has 0 aromatic rings. The quantitative estimate of drug-likeness (QED) is 0.844. The minimum absolute atomic E-state index is 0.102. The van der Waals surface area contributed by atoms with Crippen molar-refractivity contribution < 1.29 is 23.8 Å². The number of likely N-dealkylation sites (tertiary alicyclic amines) is 1. The molecule has 0 aromatic carbocycles. The number of nitrogens with zero attached hydrogens (tertiary/aromatic N) is 1. The highest BCUT2D eigenvalue weighted by molar-refractivity contribution is 5.70. The first-order valence-corrected chi connectivity index (χ1v) is 5.93. The summed E-state index contributed by atoms with van der Waals surface area (Å²) < 4.78 is 18.2. The van der Waals surface area contributed by atoms with Gasteiger partial charge in [0.2, 0.25) is 0 Å². The molecule has 6 heteroatoms. The summed E-state index contributed by atoms with van der Waals surface area (Å²) in [6.45, 7) is 4.96. The Morgan fingerprint density at radius 2 is 2.06 bits per heavy atom. The second-order valence-electron chi connectivity index (χ2n) is 5.86. The smallest absolute Gasteiger partial charge is 0.410 e. The predicted octanol–water partition coefficient (Wildman–Crippen LogP) is 2.06. The summed E-state index contributed by atoms with van der Waals surface area (Å²) in [5, 5.41) is 8.78. The van der Waals surface area contributed by atoms with Crippen LogP contribution in [0.3, 0.4) is 0 Å². The van der Waals surface area contributed by atoms with Gasteiger partial charge in [-0.25, -0.2) is 4.79 Å². The average molecular weight is 261 g/mol. The highest BCUT2D eigenvalue weighted by atomic mass is 19.1. The number of halogens is 1. The Bertz CT molecular complexity index is 339.